The van der Waals surface area contributed by atoms with Crippen molar-refractivity contribution in [1.29, 1.82) is 0 Å². The van der Waals surface area contributed by atoms with Gasteiger partial charge in [0.05, 0.1) is 0 Å². The van der Waals surface area contributed by atoms with Crippen molar-refractivity contribution in [3.8, 4) is 0 Å². The molecule has 4 heteroatoms. The van der Waals surface area contributed by atoms with Crippen molar-refractivity contribution in [2.24, 2.45) is 5.41 Å². The zero-order valence-electron chi connectivity index (χ0n) is 9.28. The van der Waals surface area contributed by atoms with Crippen LogP contribution in [0.15, 0.2) is 33.6 Å². The number of rotatable bonds is 3. The van der Waals surface area contributed by atoms with E-state index < -0.39 is 10.7 Å². The lowest BCUT2D eigenvalue weighted by molar-refractivity contribution is -0.144. The number of hydrogen-bond donors (Lipinski definition) is 1. The summed E-state index contributed by atoms with van der Waals surface area (Å²) in [5.74, 6) is -0.653. The van der Waals surface area contributed by atoms with Crippen molar-refractivity contribution in [3.63, 3.8) is 0 Å². The van der Waals surface area contributed by atoms with Crippen LogP contribution in [0, 0.1) is 5.41 Å². The van der Waals surface area contributed by atoms with E-state index in [4.69, 9.17) is 0 Å². The fourth-order valence-corrected chi connectivity index (χ4v) is 4.89. The topological polar surface area (TPSA) is 37.3 Å². The van der Waals surface area contributed by atoms with Gasteiger partial charge in [-0.3, -0.25) is 4.79 Å². The van der Waals surface area contributed by atoms with Gasteiger partial charge in [-0.05, 0) is 49.3 Å². The summed E-state index contributed by atoms with van der Waals surface area (Å²) < 4.78 is 0.431. The highest BCUT2D eigenvalue weighted by molar-refractivity contribution is 9.10. The highest BCUT2D eigenvalue weighted by Crippen LogP contribution is 2.69. The molecule has 2 aliphatic carbocycles. The lowest BCUT2D eigenvalue weighted by Gasteiger charge is -2.44. The molecule has 1 aromatic rings. The minimum absolute atomic E-state index is 0.400. The predicted molar refractivity (Wildman–Crippen MR) is 71.3 cm³/mol. The van der Waals surface area contributed by atoms with Crippen molar-refractivity contribution in [2.45, 2.75) is 35.3 Å². The van der Waals surface area contributed by atoms with Crippen molar-refractivity contribution >= 4 is 33.7 Å². The fourth-order valence-electron chi connectivity index (χ4n) is 2.71. The maximum atomic E-state index is 11.5. The molecule has 0 radical (unpaired) electrons. The second-order valence-electron chi connectivity index (χ2n) is 5.21. The number of carbonyl (C=O) groups is 1. The number of benzene rings is 1. The molecule has 1 aromatic carbocycles. The molecule has 0 amide bonds. The smallest absolute Gasteiger partial charge is 0.320 e. The first-order chi connectivity index (χ1) is 8.04. The van der Waals surface area contributed by atoms with Crippen LogP contribution in [-0.4, -0.2) is 15.8 Å². The van der Waals surface area contributed by atoms with E-state index in [0.29, 0.717) is 5.41 Å². The van der Waals surface area contributed by atoms with Gasteiger partial charge in [-0.1, -0.05) is 22.0 Å². The lowest BCUT2D eigenvalue weighted by Crippen LogP contribution is -2.48. The van der Waals surface area contributed by atoms with Gasteiger partial charge in [-0.2, -0.15) is 0 Å². The molecule has 1 spiro atoms. The summed E-state index contributed by atoms with van der Waals surface area (Å²) in [6.07, 6.45) is 4.13. The summed E-state index contributed by atoms with van der Waals surface area (Å²) in [7, 11) is 0. The number of halogens is 1. The third kappa shape index (κ3) is 2.02. The zero-order chi connectivity index (χ0) is 12.1. The first kappa shape index (κ1) is 11.6. The van der Waals surface area contributed by atoms with Gasteiger partial charge in [-0.15, -0.1) is 11.8 Å². The van der Waals surface area contributed by atoms with Crippen LogP contribution in [-0.2, 0) is 4.79 Å². The van der Waals surface area contributed by atoms with E-state index in [-0.39, 0.29) is 0 Å². The second-order valence-corrected chi connectivity index (χ2v) is 7.59. The van der Waals surface area contributed by atoms with E-state index in [1.165, 1.54) is 24.6 Å². The van der Waals surface area contributed by atoms with Crippen LogP contribution in [0.2, 0.25) is 0 Å². The molecule has 0 aromatic heterocycles. The molecule has 0 aliphatic heterocycles. The van der Waals surface area contributed by atoms with Crippen LogP contribution in [0.3, 0.4) is 0 Å². The van der Waals surface area contributed by atoms with Crippen LogP contribution >= 0.6 is 27.7 Å². The van der Waals surface area contributed by atoms with Crippen molar-refractivity contribution in [3.05, 3.63) is 28.7 Å². The maximum absolute atomic E-state index is 11.5. The van der Waals surface area contributed by atoms with Crippen LogP contribution < -0.4 is 0 Å². The average Bonchev–Trinajstić information content (AvgIpc) is 2.96. The Balaban J connectivity index is 1.80. The molecular formula is C13H13BrO2S. The number of carboxylic acid groups (broad SMARTS) is 1. The van der Waals surface area contributed by atoms with E-state index in [9.17, 15) is 9.90 Å². The molecule has 0 unspecified atom stereocenters. The summed E-state index contributed by atoms with van der Waals surface area (Å²) in [6.45, 7) is 0. The summed E-state index contributed by atoms with van der Waals surface area (Å²) in [4.78, 5) is 12.5. The van der Waals surface area contributed by atoms with Gasteiger partial charge in [0.2, 0.25) is 0 Å². The Morgan fingerprint density at radius 2 is 2.06 bits per heavy atom. The molecule has 2 saturated carbocycles. The standard InChI is InChI=1S/C13H13BrO2S/c14-9-2-1-3-10(6-9)17-13(11(15)16)7-12(8-13)4-5-12/h1-3,6H,4-5,7-8H2,(H,15,16). The van der Waals surface area contributed by atoms with E-state index in [0.717, 1.165) is 22.2 Å². The van der Waals surface area contributed by atoms with Crippen LogP contribution in [0.25, 0.3) is 0 Å². The monoisotopic (exact) mass is 312 g/mol. The molecule has 0 saturated heterocycles. The summed E-state index contributed by atoms with van der Waals surface area (Å²) in [5.41, 5.74) is 0.400. The Labute approximate surface area is 113 Å². The molecule has 1 N–H and O–H groups in total. The van der Waals surface area contributed by atoms with Gasteiger partial charge < -0.3 is 5.11 Å². The second kappa shape index (κ2) is 3.75. The van der Waals surface area contributed by atoms with Crippen molar-refractivity contribution in [2.75, 3.05) is 0 Å². The Bertz CT molecular complexity index is 474. The quantitative estimate of drug-likeness (QED) is 0.918. The van der Waals surface area contributed by atoms with Crippen LogP contribution in [0.5, 0.6) is 0 Å². The van der Waals surface area contributed by atoms with Gasteiger partial charge in [0.15, 0.2) is 0 Å². The van der Waals surface area contributed by atoms with Crippen molar-refractivity contribution in [1.82, 2.24) is 0 Å². The molecule has 90 valence electrons. The van der Waals surface area contributed by atoms with E-state index >= 15 is 0 Å². The number of thioether (sulfide) groups is 1. The molecule has 2 fully saturated rings. The van der Waals surface area contributed by atoms with Crippen LogP contribution in [0.1, 0.15) is 25.7 Å². The minimum atomic E-state index is -0.653. The maximum Gasteiger partial charge on any atom is 0.320 e. The van der Waals surface area contributed by atoms with E-state index in [1.807, 2.05) is 24.3 Å². The molecular weight excluding hydrogens is 300 g/mol. The summed E-state index contributed by atoms with van der Waals surface area (Å²) in [5, 5.41) is 9.44. The molecule has 3 rings (SSSR count). The zero-order valence-corrected chi connectivity index (χ0v) is 11.7. The normalized spacial score (nSPS) is 23.1. The van der Waals surface area contributed by atoms with Gasteiger partial charge in [0, 0.05) is 9.37 Å². The SMILES string of the molecule is O=C(O)C1(Sc2cccc(Br)c2)CC2(CC2)C1. The lowest BCUT2D eigenvalue weighted by atomic mass is 9.71. The predicted octanol–water partition coefficient (Wildman–Crippen LogP) is 3.94. The molecule has 17 heavy (non-hydrogen) atoms. The minimum Gasteiger partial charge on any atom is -0.480 e. The number of carboxylic acids is 1. The molecule has 0 heterocycles. The van der Waals surface area contributed by atoms with E-state index in [1.54, 1.807) is 0 Å². The Hall–Kier alpha value is -0.480. The van der Waals surface area contributed by atoms with Crippen molar-refractivity contribution < 1.29 is 9.90 Å². The molecule has 2 aliphatic rings. The third-order valence-corrected chi connectivity index (χ3v) is 5.61. The first-order valence-corrected chi connectivity index (χ1v) is 7.33. The molecule has 0 bridgehead atoms. The summed E-state index contributed by atoms with van der Waals surface area (Å²) >= 11 is 4.93. The van der Waals surface area contributed by atoms with Crippen LogP contribution in [0.4, 0.5) is 0 Å². The third-order valence-electron chi connectivity index (χ3n) is 3.78. The Morgan fingerprint density at radius 3 is 2.59 bits per heavy atom. The highest BCUT2D eigenvalue weighted by Gasteiger charge is 2.64. The first-order valence-electron chi connectivity index (χ1n) is 5.72. The number of aliphatic carboxylic acids is 1. The van der Waals surface area contributed by atoms with Gasteiger partial charge in [0.25, 0.3) is 0 Å². The average molecular weight is 313 g/mol. The van der Waals surface area contributed by atoms with Gasteiger partial charge in [0.1, 0.15) is 4.75 Å². The summed E-state index contributed by atoms with van der Waals surface area (Å²) in [6, 6.07) is 7.89. The number of hydrogen-bond acceptors (Lipinski definition) is 2. The fraction of sp³-hybridized carbons (Fsp3) is 0.462. The van der Waals surface area contributed by atoms with Gasteiger partial charge >= 0.3 is 5.97 Å². The Kier molecular flexibility index (Phi) is 2.56. The molecule has 0 atom stereocenters. The Morgan fingerprint density at radius 1 is 1.35 bits per heavy atom. The largest absolute Gasteiger partial charge is 0.480 e. The van der Waals surface area contributed by atoms with E-state index in [2.05, 4.69) is 15.9 Å². The van der Waals surface area contributed by atoms with Gasteiger partial charge in [-0.25, -0.2) is 0 Å². The highest BCUT2D eigenvalue weighted by atomic mass is 79.9. The molecule has 2 nitrogen and oxygen atoms in total.